The Balaban J connectivity index is 1.41. The minimum atomic E-state index is -0.0895. The van der Waals surface area contributed by atoms with Gasteiger partial charge in [0.05, 0.1) is 0 Å². The molecule has 7 heteroatoms. The van der Waals surface area contributed by atoms with Crippen LogP contribution < -0.4 is 5.32 Å². The highest BCUT2D eigenvalue weighted by Crippen LogP contribution is 2.36. The number of amides is 2. The van der Waals surface area contributed by atoms with Crippen molar-refractivity contribution < 1.29 is 9.59 Å². The molecule has 1 saturated carbocycles. The third-order valence-electron chi connectivity index (χ3n) is 7.28. The SMILES string of the molecule is CN(C)CCNC(=O)c1ccc(-c2cc(Cl)c(CC3CCN(C4CCCCC4)C3=O)c(Cl)c2)cc1. The largest absolute Gasteiger partial charge is 0.351 e. The minimum absolute atomic E-state index is 0.0527. The maximum Gasteiger partial charge on any atom is 0.251 e. The van der Waals surface area contributed by atoms with Gasteiger partial charge in [-0.05, 0) is 80.7 Å². The van der Waals surface area contributed by atoms with Gasteiger partial charge in [0.2, 0.25) is 5.91 Å². The molecule has 2 aromatic rings. The smallest absolute Gasteiger partial charge is 0.251 e. The Hall–Kier alpha value is -2.08. The van der Waals surface area contributed by atoms with E-state index in [4.69, 9.17) is 23.2 Å². The molecular weight excluding hydrogens is 481 g/mol. The van der Waals surface area contributed by atoms with E-state index in [1.807, 2.05) is 55.4 Å². The molecule has 1 unspecified atom stereocenters. The molecule has 0 bridgehead atoms. The molecule has 0 radical (unpaired) electrons. The lowest BCUT2D eigenvalue weighted by Crippen LogP contribution is -2.39. The van der Waals surface area contributed by atoms with E-state index < -0.39 is 0 Å². The lowest BCUT2D eigenvalue weighted by Gasteiger charge is -2.31. The number of likely N-dealkylation sites (tertiary alicyclic amines) is 1. The first-order valence-electron chi connectivity index (χ1n) is 12.6. The van der Waals surface area contributed by atoms with Crippen LogP contribution in [0, 0.1) is 5.92 Å². The number of halogens is 2. The van der Waals surface area contributed by atoms with Crippen molar-refractivity contribution in [3.05, 3.63) is 57.6 Å². The summed E-state index contributed by atoms with van der Waals surface area (Å²) in [5.74, 6) is 0.115. The standard InChI is InChI=1S/C28H35Cl2N3O2/c1-32(2)15-13-31-27(34)20-10-8-19(9-11-20)22-17-25(29)24(26(30)18-22)16-21-12-14-33(28(21)35)23-6-4-3-5-7-23/h8-11,17-18,21,23H,3-7,12-16H2,1-2H3,(H,31,34). The molecular formula is C28H35Cl2N3O2. The average molecular weight is 517 g/mol. The van der Waals surface area contributed by atoms with E-state index in [1.165, 1.54) is 19.3 Å². The normalized spacial score (nSPS) is 18.9. The molecule has 0 spiro atoms. The Morgan fingerprint density at radius 1 is 1.00 bits per heavy atom. The van der Waals surface area contributed by atoms with Crippen molar-refractivity contribution in [2.24, 2.45) is 5.92 Å². The highest BCUT2D eigenvalue weighted by molar-refractivity contribution is 6.36. The van der Waals surface area contributed by atoms with Crippen molar-refractivity contribution in [3.8, 4) is 11.1 Å². The van der Waals surface area contributed by atoms with Gasteiger partial charge in [-0.25, -0.2) is 0 Å². The maximum absolute atomic E-state index is 13.1. The number of hydrogen-bond donors (Lipinski definition) is 1. The van der Waals surface area contributed by atoms with Crippen LogP contribution in [-0.4, -0.2) is 61.4 Å². The van der Waals surface area contributed by atoms with E-state index in [0.29, 0.717) is 34.6 Å². The summed E-state index contributed by atoms with van der Waals surface area (Å²) in [6, 6.07) is 11.7. The summed E-state index contributed by atoms with van der Waals surface area (Å²) in [5.41, 5.74) is 3.29. The summed E-state index contributed by atoms with van der Waals surface area (Å²) in [7, 11) is 3.94. The van der Waals surface area contributed by atoms with E-state index in [9.17, 15) is 9.59 Å². The van der Waals surface area contributed by atoms with Crippen molar-refractivity contribution in [1.29, 1.82) is 0 Å². The Kier molecular flexibility index (Phi) is 8.74. The molecule has 1 saturated heterocycles. The van der Waals surface area contributed by atoms with E-state index in [2.05, 4.69) is 10.2 Å². The van der Waals surface area contributed by atoms with Crippen molar-refractivity contribution in [2.75, 3.05) is 33.7 Å². The van der Waals surface area contributed by atoms with Gasteiger partial charge in [-0.15, -0.1) is 0 Å². The number of benzene rings is 2. The third-order valence-corrected chi connectivity index (χ3v) is 7.96. The second kappa shape index (κ2) is 11.8. The van der Waals surface area contributed by atoms with Gasteiger partial charge in [0.25, 0.3) is 5.91 Å². The molecule has 2 aromatic carbocycles. The van der Waals surface area contributed by atoms with Crippen molar-refractivity contribution in [2.45, 2.75) is 51.0 Å². The van der Waals surface area contributed by atoms with Gasteiger partial charge in [0, 0.05) is 47.2 Å². The number of likely N-dealkylation sites (N-methyl/N-ethyl adjacent to an activating group) is 1. The van der Waals surface area contributed by atoms with Gasteiger partial charge in [0.1, 0.15) is 0 Å². The molecule has 1 N–H and O–H groups in total. The fraction of sp³-hybridized carbons (Fsp3) is 0.500. The number of rotatable bonds is 8. The molecule has 2 aliphatic rings. The van der Waals surface area contributed by atoms with Crippen LogP contribution in [-0.2, 0) is 11.2 Å². The number of hydrogen-bond acceptors (Lipinski definition) is 3. The van der Waals surface area contributed by atoms with Crippen molar-refractivity contribution in [1.82, 2.24) is 15.1 Å². The molecule has 4 rings (SSSR count). The second-order valence-electron chi connectivity index (χ2n) is 10.1. The van der Waals surface area contributed by atoms with Gasteiger partial charge >= 0.3 is 0 Å². The minimum Gasteiger partial charge on any atom is -0.351 e. The summed E-state index contributed by atoms with van der Waals surface area (Å²) in [4.78, 5) is 29.6. The summed E-state index contributed by atoms with van der Waals surface area (Å²) in [5, 5.41) is 4.09. The molecule has 2 fully saturated rings. The Bertz CT molecular complexity index is 1030. The molecule has 2 amide bonds. The van der Waals surface area contributed by atoms with Crippen molar-refractivity contribution in [3.63, 3.8) is 0 Å². The topological polar surface area (TPSA) is 52.7 Å². The molecule has 188 valence electrons. The van der Waals surface area contributed by atoms with E-state index in [1.54, 1.807) is 0 Å². The van der Waals surface area contributed by atoms with Gasteiger partial charge in [-0.1, -0.05) is 54.6 Å². The van der Waals surface area contributed by atoms with Crippen molar-refractivity contribution >= 4 is 35.0 Å². The Labute approximate surface area is 218 Å². The molecule has 1 atom stereocenters. The number of nitrogens with one attached hydrogen (secondary N) is 1. The van der Waals surface area contributed by atoms with Crippen LogP contribution >= 0.6 is 23.2 Å². The number of carbonyl (C=O) groups is 2. The second-order valence-corrected chi connectivity index (χ2v) is 10.9. The molecule has 0 aromatic heterocycles. The third kappa shape index (κ3) is 6.38. The highest BCUT2D eigenvalue weighted by Gasteiger charge is 2.36. The first-order valence-corrected chi connectivity index (χ1v) is 13.4. The zero-order valence-corrected chi connectivity index (χ0v) is 22.2. The van der Waals surface area contributed by atoms with E-state index >= 15 is 0 Å². The predicted molar refractivity (Wildman–Crippen MR) is 143 cm³/mol. The van der Waals surface area contributed by atoms with Crippen LogP contribution in [0.4, 0.5) is 0 Å². The Morgan fingerprint density at radius 2 is 1.66 bits per heavy atom. The molecule has 1 heterocycles. The lowest BCUT2D eigenvalue weighted by molar-refractivity contribution is -0.133. The zero-order chi connectivity index (χ0) is 24.9. The predicted octanol–water partition coefficient (Wildman–Crippen LogP) is 5.68. The summed E-state index contributed by atoms with van der Waals surface area (Å²) in [6.45, 7) is 2.23. The monoisotopic (exact) mass is 515 g/mol. The highest BCUT2D eigenvalue weighted by atomic mass is 35.5. The van der Waals surface area contributed by atoms with Crippen LogP contribution in [0.1, 0.15) is 54.4 Å². The zero-order valence-electron chi connectivity index (χ0n) is 20.7. The number of carbonyl (C=O) groups excluding carboxylic acids is 2. The van der Waals surface area contributed by atoms with Gasteiger partial charge < -0.3 is 15.1 Å². The first kappa shape index (κ1) is 26.0. The summed E-state index contributed by atoms with van der Waals surface area (Å²) in [6.07, 6.45) is 7.43. The molecule has 1 aliphatic carbocycles. The summed E-state index contributed by atoms with van der Waals surface area (Å²) >= 11 is 13.4. The quantitative estimate of drug-likeness (QED) is 0.492. The van der Waals surface area contributed by atoms with Gasteiger partial charge in [0.15, 0.2) is 0 Å². The maximum atomic E-state index is 13.1. The fourth-order valence-electron chi connectivity index (χ4n) is 5.23. The molecule has 35 heavy (non-hydrogen) atoms. The van der Waals surface area contributed by atoms with E-state index in [0.717, 1.165) is 49.0 Å². The Morgan fingerprint density at radius 3 is 2.29 bits per heavy atom. The summed E-state index contributed by atoms with van der Waals surface area (Å²) < 4.78 is 0. The van der Waals surface area contributed by atoms with Gasteiger partial charge in [-0.2, -0.15) is 0 Å². The average Bonchev–Trinajstić information content (AvgIpc) is 3.21. The molecule has 5 nitrogen and oxygen atoms in total. The van der Waals surface area contributed by atoms with Crippen LogP contribution in [0.15, 0.2) is 36.4 Å². The van der Waals surface area contributed by atoms with Crippen LogP contribution in [0.5, 0.6) is 0 Å². The van der Waals surface area contributed by atoms with Gasteiger partial charge in [-0.3, -0.25) is 9.59 Å². The number of nitrogens with zero attached hydrogens (tertiary/aromatic N) is 2. The lowest BCUT2D eigenvalue weighted by atomic mass is 9.93. The van der Waals surface area contributed by atoms with Crippen LogP contribution in [0.2, 0.25) is 10.0 Å². The van der Waals surface area contributed by atoms with E-state index in [-0.39, 0.29) is 17.7 Å². The fourth-order valence-corrected chi connectivity index (χ4v) is 5.87. The van der Waals surface area contributed by atoms with Crippen LogP contribution in [0.3, 0.4) is 0 Å². The first-order chi connectivity index (χ1) is 16.8. The molecule has 1 aliphatic heterocycles. The van der Waals surface area contributed by atoms with Crippen LogP contribution in [0.25, 0.3) is 11.1 Å².